The largest absolute Gasteiger partial charge is 0.340 e. The van der Waals surface area contributed by atoms with Gasteiger partial charge in [-0.3, -0.25) is 9.52 Å². The first kappa shape index (κ1) is 25.3. The fourth-order valence-electron chi connectivity index (χ4n) is 3.73. The lowest BCUT2D eigenvalue weighted by molar-refractivity contribution is 0.0985. The molecule has 12 heteroatoms. The minimum atomic E-state index is -3.86. The van der Waals surface area contributed by atoms with Crippen molar-refractivity contribution in [2.75, 3.05) is 10.5 Å². The molecule has 2 aromatic heterocycles. The normalized spacial score (nSPS) is 11.7. The maximum atomic E-state index is 14.9. The number of H-pyrrole nitrogens is 1. The van der Waals surface area contributed by atoms with Crippen LogP contribution in [0.25, 0.3) is 11.2 Å². The molecular formula is C24H20F4N4O3S. The molecule has 0 bridgehead atoms. The van der Waals surface area contributed by atoms with Gasteiger partial charge >= 0.3 is 0 Å². The Kier molecular flexibility index (Phi) is 7.07. The summed E-state index contributed by atoms with van der Waals surface area (Å²) in [5.74, 6) is -4.69. The number of carbonyl (C=O) groups is 1. The Morgan fingerprint density at radius 2 is 1.75 bits per heavy atom. The third-order valence-electron chi connectivity index (χ3n) is 5.21. The fraction of sp³-hybridized carbons (Fsp3) is 0.208. The second-order valence-corrected chi connectivity index (χ2v) is 10.00. The number of ketones is 1. The first-order chi connectivity index (χ1) is 17.0. The van der Waals surface area contributed by atoms with Crippen molar-refractivity contribution in [3.63, 3.8) is 0 Å². The Morgan fingerprint density at radius 3 is 2.44 bits per heavy atom. The van der Waals surface area contributed by atoms with Crippen molar-refractivity contribution in [2.45, 2.75) is 26.2 Å². The number of nitrogens with one attached hydrogen (secondary N) is 2. The first-order valence-electron chi connectivity index (χ1n) is 10.8. The summed E-state index contributed by atoms with van der Waals surface area (Å²) in [5, 5.41) is 0. The molecule has 0 saturated carbocycles. The van der Waals surface area contributed by atoms with Crippen molar-refractivity contribution in [1.82, 2.24) is 15.0 Å². The van der Waals surface area contributed by atoms with Crippen LogP contribution in [0.15, 0.2) is 42.6 Å². The van der Waals surface area contributed by atoms with Crippen molar-refractivity contribution >= 4 is 32.7 Å². The second-order valence-electron chi connectivity index (χ2n) is 8.16. The highest BCUT2D eigenvalue weighted by Gasteiger charge is 2.23. The molecule has 0 aliphatic carbocycles. The number of hydrogen-bond acceptors (Lipinski definition) is 5. The number of aromatic amines is 1. The highest BCUT2D eigenvalue weighted by atomic mass is 32.2. The number of benzene rings is 2. The summed E-state index contributed by atoms with van der Waals surface area (Å²) in [6.07, 6.45) is 1.27. The number of rotatable bonds is 9. The van der Waals surface area contributed by atoms with E-state index < -0.39 is 56.7 Å². The molecule has 0 saturated heterocycles. The van der Waals surface area contributed by atoms with E-state index in [-0.39, 0.29) is 24.2 Å². The lowest BCUT2D eigenvalue weighted by atomic mass is 10.0. The third kappa shape index (κ3) is 5.70. The predicted octanol–water partition coefficient (Wildman–Crippen LogP) is 4.68. The van der Waals surface area contributed by atoms with E-state index >= 15 is 0 Å². The van der Waals surface area contributed by atoms with Crippen molar-refractivity contribution < 1.29 is 30.8 Å². The minimum Gasteiger partial charge on any atom is -0.340 e. The molecule has 2 N–H and O–H groups in total. The molecule has 0 fully saturated rings. The molecule has 0 unspecified atom stereocenters. The SMILES string of the molecule is CCCS(=O)(=O)Nc1ccc(F)c(C(=O)Cc2cnc3nc(Cc4cc(F)cc(F)c4)[nH]c3c2)c1F. The van der Waals surface area contributed by atoms with Gasteiger partial charge in [-0.1, -0.05) is 6.92 Å². The Bertz CT molecular complexity index is 1550. The van der Waals surface area contributed by atoms with E-state index in [1.165, 1.54) is 24.4 Å². The fourth-order valence-corrected chi connectivity index (χ4v) is 4.86. The average molecular weight is 521 g/mol. The quantitative estimate of drug-likeness (QED) is 0.246. The molecule has 188 valence electrons. The summed E-state index contributed by atoms with van der Waals surface area (Å²) >= 11 is 0. The average Bonchev–Trinajstić information content (AvgIpc) is 3.16. The van der Waals surface area contributed by atoms with Crippen LogP contribution in [-0.4, -0.2) is 34.9 Å². The van der Waals surface area contributed by atoms with Crippen LogP contribution in [0.3, 0.4) is 0 Å². The smallest absolute Gasteiger partial charge is 0.232 e. The van der Waals surface area contributed by atoms with E-state index in [1.807, 2.05) is 4.72 Å². The van der Waals surface area contributed by atoms with Gasteiger partial charge in [-0.05, 0) is 47.9 Å². The molecule has 0 aliphatic heterocycles. The molecule has 0 spiro atoms. The van der Waals surface area contributed by atoms with E-state index in [4.69, 9.17) is 0 Å². The van der Waals surface area contributed by atoms with Crippen molar-refractivity contribution in [1.29, 1.82) is 0 Å². The van der Waals surface area contributed by atoms with Gasteiger partial charge in [0.2, 0.25) is 10.0 Å². The molecule has 0 radical (unpaired) electrons. The summed E-state index contributed by atoms with van der Waals surface area (Å²) < 4.78 is 82.1. The number of Topliss-reactive ketones (excluding diaryl/α,β-unsaturated/α-hetero) is 1. The van der Waals surface area contributed by atoms with Gasteiger partial charge < -0.3 is 4.98 Å². The van der Waals surface area contributed by atoms with Gasteiger partial charge in [0, 0.05) is 25.1 Å². The standard InChI is InChI=1S/C24H20F4N4O3S/c1-2-5-36(34,35)32-18-4-3-17(27)22(23(18)28)20(33)9-14-8-19-24(29-12-14)31-21(30-19)10-13-6-15(25)11-16(26)7-13/h3-4,6-8,11-12,32H,2,5,9-10H2,1H3,(H,29,30,31). The number of aromatic nitrogens is 3. The molecule has 7 nitrogen and oxygen atoms in total. The monoisotopic (exact) mass is 520 g/mol. The van der Waals surface area contributed by atoms with Crippen LogP contribution in [0.5, 0.6) is 0 Å². The summed E-state index contributed by atoms with van der Waals surface area (Å²) in [6, 6.07) is 6.36. The number of nitrogens with zero attached hydrogens (tertiary/aromatic N) is 2. The third-order valence-corrected chi connectivity index (χ3v) is 6.69. The lowest BCUT2D eigenvalue weighted by Crippen LogP contribution is -2.19. The van der Waals surface area contributed by atoms with Crippen LogP contribution < -0.4 is 4.72 Å². The van der Waals surface area contributed by atoms with Crippen molar-refractivity contribution in [2.24, 2.45) is 0 Å². The van der Waals surface area contributed by atoms with Gasteiger partial charge in [-0.2, -0.15) is 0 Å². The number of carbonyl (C=O) groups excluding carboxylic acids is 1. The number of pyridine rings is 1. The van der Waals surface area contributed by atoms with Gasteiger partial charge in [0.25, 0.3) is 0 Å². The Labute approximate surface area is 203 Å². The maximum Gasteiger partial charge on any atom is 0.232 e. The van der Waals surface area contributed by atoms with Crippen molar-refractivity contribution in [3.8, 4) is 0 Å². The number of fused-ring (bicyclic) bond motifs is 1. The molecule has 36 heavy (non-hydrogen) atoms. The van der Waals surface area contributed by atoms with E-state index in [0.29, 0.717) is 22.5 Å². The van der Waals surface area contributed by atoms with Gasteiger partial charge in [-0.15, -0.1) is 0 Å². The molecular weight excluding hydrogens is 500 g/mol. The summed E-state index contributed by atoms with van der Waals surface area (Å²) in [5.41, 5.74) is -0.0337. The number of halogens is 4. The molecule has 4 aromatic rings. The van der Waals surface area contributed by atoms with Crippen LogP contribution in [0.4, 0.5) is 23.2 Å². The van der Waals surface area contributed by atoms with E-state index in [2.05, 4.69) is 15.0 Å². The topological polar surface area (TPSA) is 105 Å². The molecule has 2 heterocycles. The zero-order valence-electron chi connectivity index (χ0n) is 18.9. The van der Waals surface area contributed by atoms with Gasteiger partial charge in [-0.25, -0.2) is 35.9 Å². The van der Waals surface area contributed by atoms with Gasteiger partial charge in [0.15, 0.2) is 17.2 Å². The molecule has 0 aliphatic rings. The number of anilines is 1. The summed E-state index contributed by atoms with van der Waals surface area (Å²) in [4.78, 5) is 24.1. The second kappa shape index (κ2) is 10.1. The summed E-state index contributed by atoms with van der Waals surface area (Å²) in [6.45, 7) is 1.63. The predicted molar refractivity (Wildman–Crippen MR) is 125 cm³/mol. The minimum absolute atomic E-state index is 0.0937. The van der Waals surface area contributed by atoms with Crippen LogP contribution >= 0.6 is 0 Å². The van der Waals surface area contributed by atoms with Crippen LogP contribution in [-0.2, 0) is 22.9 Å². The molecule has 0 atom stereocenters. The first-order valence-corrected chi connectivity index (χ1v) is 12.5. The maximum absolute atomic E-state index is 14.9. The van der Waals surface area contributed by atoms with E-state index in [1.54, 1.807) is 6.92 Å². The number of sulfonamides is 1. The number of hydrogen-bond donors (Lipinski definition) is 2. The highest BCUT2D eigenvalue weighted by Crippen LogP contribution is 2.24. The Balaban J connectivity index is 1.56. The van der Waals surface area contributed by atoms with Crippen LogP contribution in [0, 0.1) is 23.3 Å². The molecule has 4 rings (SSSR count). The van der Waals surface area contributed by atoms with E-state index in [0.717, 1.165) is 18.2 Å². The van der Waals surface area contributed by atoms with Crippen molar-refractivity contribution in [3.05, 3.63) is 88.4 Å². The Morgan fingerprint density at radius 1 is 1.03 bits per heavy atom. The number of imidazole rings is 1. The van der Waals surface area contributed by atoms with Gasteiger partial charge in [0.05, 0.1) is 22.5 Å². The Hall–Kier alpha value is -3.80. The molecule has 2 aromatic carbocycles. The summed E-state index contributed by atoms with van der Waals surface area (Å²) in [7, 11) is -3.86. The molecule has 0 amide bonds. The highest BCUT2D eigenvalue weighted by molar-refractivity contribution is 7.92. The van der Waals surface area contributed by atoms with Crippen LogP contribution in [0.1, 0.15) is 40.7 Å². The zero-order valence-corrected chi connectivity index (χ0v) is 19.7. The van der Waals surface area contributed by atoms with E-state index in [9.17, 15) is 30.8 Å². The lowest BCUT2D eigenvalue weighted by Gasteiger charge is -2.11. The van der Waals surface area contributed by atoms with Crippen LogP contribution in [0.2, 0.25) is 0 Å². The van der Waals surface area contributed by atoms with Gasteiger partial charge in [0.1, 0.15) is 23.3 Å². The zero-order chi connectivity index (χ0) is 26.0.